The van der Waals surface area contributed by atoms with E-state index in [9.17, 15) is 4.79 Å². The average Bonchev–Trinajstić information content (AvgIpc) is 3.11. The number of carbonyl (C=O) groups is 1. The van der Waals surface area contributed by atoms with Crippen LogP contribution >= 0.6 is 11.6 Å². The standard InChI is InChI=1S/C14H14ClN5O/c15-14-19-12-8(3-4-17-12)13(20-14)18-10-7-2-1-6(5-7)9(10)11(16)21/h1-4,6-7,9-10H,5H2,(H2,16,21)(H2,17,18,19,20). The van der Waals surface area contributed by atoms with Gasteiger partial charge in [-0.1, -0.05) is 12.2 Å². The van der Waals surface area contributed by atoms with E-state index >= 15 is 0 Å². The van der Waals surface area contributed by atoms with E-state index in [1.54, 1.807) is 6.20 Å². The summed E-state index contributed by atoms with van der Waals surface area (Å²) in [5.41, 5.74) is 6.25. The Morgan fingerprint density at radius 1 is 1.38 bits per heavy atom. The number of nitrogens with two attached hydrogens (primary N) is 1. The summed E-state index contributed by atoms with van der Waals surface area (Å²) < 4.78 is 0. The van der Waals surface area contributed by atoms with Crippen molar-refractivity contribution in [3.63, 3.8) is 0 Å². The zero-order chi connectivity index (χ0) is 14.6. The van der Waals surface area contributed by atoms with Crippen LogP contribution in [-0.4, -0.2) is 26.9 Å². The fourth-order valence-electron chi connectivity index (χ4n) is 3.59. The summed E-state index contributed by atoms with van der Waals surface area (Å²) in [5, 5.41) is 4.39. The average molecular weight is 304 g/mol. The molecule has 1 fully saturated rings. The molecule has 1 amide bonds. The number of rotatable bonds is 3. The number of aromatic amines is 1. The molecule has 4 unspecified atom stereocenters. The number of amides is 1. The second-order valence-electron chi connectivity index (χ2n) is 5.63. The lowest BCUT2D eigenvalue weighted by molar-refractivity contribution is -0.122. The summed E-state index contributed by atoms with van der Waals surface area (Å²) in [6, 6.07) is 1.85. The van der Waals surface area contributed by atoms with Crippen molar-refractivity contribution in [2.45, 2.75) is 12.5 Å². The third-order valence-electron chi connectivity index (χ3n) is 4.48. The smallest absolute Gasteiger partial charge is 0.226 e. The van der Waals surface area contributed by atoms with Crippen molar-refractivity contribution >= 4 is 34.4 Å². The molecular formula is C14H14ClN5O. The third kappa shape index (κ3) is 1.90. The van der Waals surface area contributed by atoms with Gasteiger partial charge in [-0.15, -0.1) is 0 Å². The number of halogens is 1. The van der Waals surface area contributed by atoms with Crippen LogP contribution in [0.4, 0.5) is 5.82 Å². The van der Waals surface area contributed by atoms with Crippen LogP contribution in [0.2, 0.25) is 5.28 Å². The number of hydrogen-bond donors (Lipinski definition) is 3. The summed E-state index contributed by atoms with van der Waals surface area (Å²) in [6.45, 7) is 0. The Morgan fingerprint density at radius 2 is 2.19 bits per heavy atom. The molecule has 21 heavy (non-hydrogen) atoms. The van der Waals surface area contributed by atoms with Crippen LogP contribution < -0.4 is 11.1 Å². The van der Waals surface area contributed by atoms with E-state index in [1.807, 2.05) is 6.07 Å². The number of hydrogen-bond acceptors (Lipinski definition) is 4. The minimum atomic E-state index is -0.269. The van der Waals surface area contributed by atoms with Gasteiger partial charge in [-0.25, -0.2) is 4.98 Å². The number of aromatic nitrogens is 3. The summed E-state index contributed by atoms with van der Waals surface area (Å²) >= 11 is 5.96. The highest BCUT2D eigenvalue weighted by atomic mass is 35.5. The van der Waals surface area contributed by atoms with E-state index in [1.165, 1.54) is 0 Å². The molecule has 0 aliphatic heterocycles. The number of nitrogens with zero attached hydrogens (tertiary/aromatic N) is 2. The fraction of sp³-hybridized carbons (Fsp3) is 0.357. The van der Waals surface area contributed by atoms with Gasteiger partial charge in [0.1, 0.15) is 11.5 Å². The molecule has 0 spiro atoms. The molecule has 0 aromatic carbocycles. The van der Waals surface area contributed by atoms with Gasteiger partial charge in [0.05, 0.1) is 11.3 Å². The number of fused-ring (bicyclic) bond motifs is 3. The molecule has 2 aliphatic carbocycles. The highest BCUT2D eigenvalue weighted by molar-refractivity contribution is 6.28. The normalized spacial score (nSPS) is 30.1. The Hall–Kier alpha value is -2.08. The summed E-state index contributed by atoms with van der Waals surface area (Å²) in [5.74, 6) is 0.695. The molecule has 2 heterocycles. The number of carbonyl (C=O) groups excluding carboxylic acids is 1. The molecular weight excluding hydrogens is 290 g/mol. The molecule has 0 saturated heterocycles. The molecule has 2 aromatic heterocycles. The van der Waals surface area contributed by atoms with E-state index in [2.05, 4.69) is 32.4 Å². The first-order valence-electron chi connectivity index (χ1n) is 6.88. The summed E-state index contributed by atoms with van der Waals surface area (Å²) in [7, 11) is 0. The Bertz CT molecular complexity index is 755. The zero-order valence-electron chi connectivity index (χ0n) is 11.1. The summed E-state index contributed by atoms with van der Waals surface area (Å²) in [6.07, 6.45) is 6.99. The van der Waals surface area contributed by atoms with E-state index in [0.717, 1.165) is 11.8 Å². The van der Waals surface area contributed by atoms with Crippen LogP contribution in [0.25, 0.3) is 11.0 Å². The lowest BCUT2D eigenvalue weighted by Gasteiger charge is -2.27. The van der Waals surface area contributed by atoms with E-state index in [4.69, 9.17) is 17.3 Å². The van der Waals surface area contributed by atoms with Gasteiger partial charge >= 0.3 is 0 Å². The molecule has 4 N–H and O–H groups in total. The van der Waals surface area contributed by atoms with E-state index in [-0.39, 0.29) is 29.1 Å². The van der Waals surface area contributed by atoms with Crippen molar-refractivity contribution in [1.82, 2.24) is 15.0 Å². The van der Waals surface area contributed by atoms with Gasteiger partial charge in [-0.05, 0) is 35.9 Å². The second kappa shape index (κ2) is 4.46. The first kappa shape index (κ1) is 12.6. The number of primary amides is 1. The van der Waals surface area contributed by atoms with Crippen molar-refractivity contribution in [2.75, 3.05) is 5.32 Å². The van der Waals surface area contributed by atoms with Crippen LogP contribution in [0.5, 0.6) is 0 Å². The third-order valence-corrected chi connectivity index (χ3v) is 4.65. The maximum atomic E-state index is 11.8. The lowest BCUT2D eigenvalue weighted by atomic mass is 9.88. The van der Waals surface area contributed by atoms with Gasteiger partial charge in [0, 0.05) is 12.2 Å². The van der Waals surface area contributed by atoms with Crippen molar-refractivity contribution in [2.24, 2.45) is 23.5 Å². The fourth-order valence-corrected chi connectivity index (χ4v) is 3.76. The van der Waals surface area contributed by atoms with Crippen LogP contribution in [0, 0.1) is 17.8 Å². The predicted molar refractivity (Wildman–Crippen MR) is 79.7 cm³/mol. The highest BCUT2D eigenvalue weighted by Crippen LogP contribution is 2.45. The van der Waals surface area contributed by atoms with E-state index < -0.39 is 0 Å². The molecule has 6 nitrogen and oxygen atoms in total. The number of anilines is 1. The quantitative estimate of drug-likeness (QED) is 0.594. The molecule has 1 saturated carbocycles. The maximum absolute atomic E-state index is 11.8. The zero-order valence-corrected chi connectivity index (χ0v) is 11.8. The SMILES string of the molecule is NC(=O)C1C2C=CC(C2)C1Nc1nc(Cl)nc2[nH]ccc12. The molecule has 2 aliphatic rings. The Balaban J connectivity index is 1.73. The van der Waals surface area contributed by atoms with Crippen LogP contribution in [0.15, 0.2) is 24.4 Å². The monoisotopic (exact) mass is 303 g/mol. The van der Waals surface area contributed by atoms with Gasteiger partial charge in [0.25, 0.3) is 0 Å². The van der Waals surface area contributed by atoms with Gasteiger partial charge in [-0.2, -0.15) is 4.98 Å². The maximum Gasteiger partial charge on any atom is 0.226 e. The van der Waals surface area contributed by atoms with Crippen LogP contribution in [0.3, 0.4) is 0 Å². The largest absolute Gasteiger partial charge is 0.369 e. The molecule has 4 rings (SSSR count). The number of H-pyrrole nitrogens is 1. The number of nitrogens with one attached hydrogen (secondary N) is 2. The van der Waals surface area contributed by atoms with Gasteiger partial charge in [-0.3, -0.25) is 4.79 Å². The first-order chi connectivity index (χ1) is 10.1. The lowest BCUT2D eigenvalue weighted by Crippen LogP contribution is -2.41. The minimum Gasteiger partial charge on any atom is -0.369 e. The molecule has 7 heteroatoms. The molecule has 108 valence electrons. The Kier molecular flexibility index (Phi) is 2.68. The molecule has 0 radical (unpaired) electrons. The van der Waals surface area contributed by atoms with Crippen LogP contribution in [-0.2, 0) is 4.79 Å². The highest BCUT2D eigenvalue weighted by Gasteiger charge is 2.47. The summed E-state index contributed by atoms with van der Waals surface area (Å²) in [4.78, 5) is 23.2. The van der Waals surface area contributed by atoms with Crippen molar-refractivity contribution in [3.05, 3.63) is 29.7 Å². The topological polar surface area (TPSA) is 96.7 Å². The van der Waals surface area contributed by atoms with E-state index in [0.29, 0.717) is 17.4 Å². The van der Waals surface area contributed by atoms with Crippen molar-refractivity contribution in [3.8, 4) is 0 Å². The number of allylic oxidation sites excluding steroid dienone is 1. The van der Waals surface area contributed by atoms with Gasteiger partial charge in [0.2, 0.25) is 11.2 Å². The molecule has 2 aromatic rings. The Morgan fingerprint density at radius 3 is 3.00 bits per heavy atom. The minimum absolute atomic E-state index is 0.0402. The van der Waals surface area contributed by atoms with Crippen LogP contribution in [0.1, 0.15) is 6.42 Å². The van der Waals surface area contributed by atoms with Crippen molar-refractivity contribution in [1.29, 1.82) is 0 Å². The van der Waals surface area contributed by atoms with Crippen molar-refractivity contribution < 1.29 is 4.79 Å². The molecule has 2 bridgehead atoms. The molecule has 4 atom stereocenters. The van der Waals surface area contributed by atoms with Gasteiger partial charge < -0.3 is 16.0 Å². The van der Waals surface area contributed by atoms with Gasteiger partial charge in [0.15, 0.2) is 0 Å². The first-order valence-corrected chi connectivity index (χ1v) is 7.26. The second-order valence-corrected chi connectivity index (χ2v) is 5.97. The Labute approximate surface area is 125 Å². The predicted octanol–water partition coefficient (Wildman–Crippen LogP) is 1.70.